The second kappa shape index (κ2) is 109. The van der Waals surface area contributed by atoms with Crippen molar-refractivity contribution in [2.24, 2.45) is 0 Å². The maximum absolute atomic E-state index is 8.33. The van der Waals surface area contributed by atoms with E-state index in [1.807, 2.05) is 0 Å². The van der Waals surface area contributed by atoms with Gasteiger partial charge in [-0.25, -0.2) is 0 Å². The van der Waals surface area contributed by atoms with Gasteiger partial charge in [0.2, 0.25) is 0 Å². The van der Waals surface area contributed by atoms with Crippen LogP contribution in [0.3, 0.4) is 0 Å². The van der Waals surface area contributed by atoms with Crippen LogP contribution in [-0.2, 0) is 16.5 Å². The Morgan fingerprint density at radius 2 is 0.727 bits per heavy atom. The first-order valence-corrected chi connectivity index (χ1v) is 0.612. The molecule has 0 unspecified atom stereocenters. The van der Waals surface area contributed by atoms with Crippen molar-refractivity contribution in [1.29, 1.82) is 0 Å². The Kier molecular flexibility index (Phi) is 1480. The molecule has 80 valence electrons. The molecule has 0 atom stereocenters. The molecule has 0 radical (unpaired) electrons. The van der Waals surface area contributed by atoms with Gasteiger partial charge in [-0.05, 0) is 6.16 Å². The van der Waals surface area contributed by atoms with Crippen LogP contribution in [0, 0.1) is 0 Å². The fourth-order valence-corrected chi connectivity index (χ4v) is 0. The molecular weight excluding hydrogens is 203 g/mol. The van der Waals surface area contributed by atoms with Gasteiger partial charge in [-0.15, -0.1) is 0 Å². The molecule has 0 aliphatic heterocycles. The first-order valence-electron chi connectivity index (χ1n) is 0.612. The van der Waals surface area contributed by atoms with Gasteiger partial charge >= 0.3 is 16.5 Å². The Bertz CT molecular complexity index is 40.8. The van der Waals surface area contributed by atoms with E-state index in [2.05, 4.69) is 0 Å². The molecule has 9 nitrogen and oxygen atoms in total. The minimum Gasteiger partial charge on any atom is -0.693 e. The average molecular weight is 215 g/mol. The quantitative estimate of drug-likeness (QED) is 0.546. The molecule has 0 saturated carbocycles. The third-order valence-electron chi connectivity index (χ3n) is 0. The fourth-order valence-electron chi connectivity index (χ4n) is 0. The normalized spacial score (nSPS) is 2.18. The SMILES string of the molecule is O=C([O-])[O-].[NH2-].[NH2-].[NH2-].[NH2-].[NH2-].[NH2-].[Ni+2]. The number of hydrogen-bond donors (Lipinski definition) is 0. The van der Waals surface area contributed by atoms with Crippen LogP contribution < -0.4 is 10.2 Å². The van der Waals surface area contributed by atoms with E-state index in [-0.39, 0.29) is 53.4 Å². The predicted octanol–water partition coefficient (Wildman–Crippen LogP) is 1.85. The summed E-state index contributed by atoms with van der Waals surface area (Å²) in [6.07, 6.45) is -2.33. The van der Waals surface area contributed by atoms with E-state index in [0.29, 0.717) is 0 Å². The number of nitrogens with two attached hydrogens (primary N) is 6. The molecule has 11 heavy (non-hydrogen) atoms. The van der Waals surface area contributed by atoms with E-state index in [4.69, 9.17) is 15.0 Å². The Morgan fingerprint density at radius 3 is 0.727 bits per heavy atom. The molecule has 0 fully saturated rings. The zero-order valence-corrected chi connectivity index (χ0v) is 6.49. The summed E-state index contributed by atoms with van der Waals surface area (Å²) in [5, 5.41) is 16.7. The van der Waals surface area contributed by atoms with Gasteiger partial charge in [0.15, 0.2) is 0 Å². The molecule has 0 bridgehead atoms. The molecule has 0 aromatic heterocycles. The fraction of sp³-hybridized carbons (Fsp3) is 0. The Morgan fingerprint density at radius 1 is 0.727 bits per heavy atom. The molecule has 0 aromatic carbocycles. The maximum Gasteiger partial charge on any atom is 2.00 e. The summed E-state index contributed by atoms with van der Waals surface area (Å²) in [6.45, 7) is 0. The molecule has 0 rings (SSSR count). The third-order valence-corrected chi connectivity index (χ3v) is 0. The van der Waals surface area contributed by atoms with E-state index >= 15 is 0 Å². The summed E-state index contributed by atoms with van der Waals surface area (Å²) < 4.78 is 0. The van der Waals surface area contributed by atoms with E-state index in [9.17, 15) is 0 Å². The zero-order valence-electron chi connectivity index (χ0n) is 5.51. The van der Waals surface area contributed by atoms with Gasteiger partial charge < -0.3 is 51.9 Å². The molecule has 12 N–H and O–H groups in total. The minimum absolute atomic E-state index is 0. The largest absolute Gasteiger partial charge is 2.00 e. The minimum atomic E-state index is -2.33. The molecular formula is CH12N6NiO3-6. The number of rotatable bonds is 0. The van der Waals surface area contributed by atoms with Crippen molar-refractivity contribution in [3.05, 3.63) is 36.9 Å². The van der Waals surface area contributed by atoms with Crippen molar-refractivity contribution in [1.82, 2.24) is 0 Å². The second-order valence-corrected chi connectivity index (χ2v) is 0.250. The smallest absolute Gasteiger partial charge is 0.693 e. The van der Waals surface area contributed by atoms with Gasteiger partial charge in [0, 0.05) is 0 Å². The average Bonchev–Trinajstić information content (AvgIpc) is 0.811. The van der Waals surface area contributed by atoms with Crippen LogP contribution in [-0.4, -0.2) is 6.16 Å². The number of carbonyl (C=O) groups is 1. The Labute approximate surface area is 75.4 Å². The van der Waals surface area contributed by atoms with Gasteiger partial charge in [0.1, 0.15) is 0 Å². The summed E-state index contributed by atoms with van der Waals surface area (Å²) in [5.74, 6) is 0. The Balaban J connectivity index is -0.00000000214. The third kappa shape index (κ3) is 2370. The van der Waals surface area contributed by atoms with Crippen LogP contribution in [0.15, 0.2) is 0 Å². The molecule has 0 spiro atoms. The van der Waals surface area contributed by atoms with Crippen molar-refractivity contribution in [2.45, 2.75) is 0 Å². The second-order valence-electron chi connectivity index (χ2n) is 0.250. The van der Waals surface area contributed by atoms with Crippen molar-refractivity contribution in [3.63, 3.8) is 0 Å². The maximum atomic E-state index is 8.33. The predicted molar refractivity (Wildman–Crippen MR) is 37.1 cm³/mol. The van der Waals surface area contributed by atoms with Crippen LogP contribution in [0.5, 0.6) is 0 Å². The van der Waals surface area contributed by atoms with Crippen molar-refractivity contribution >= 4 is 6.16 Å². The van der Waals surface area contributed by atoms with Gasteiger partial charge in [-0.2, -0.15) is 0 Å². The molecule has 0 amide bonds. The number of carbonyl (C=O) groups excluding carboxylic acids is 1. The van der Waals surface area contributed by atoms with Gasteiger partial charge in [-0.3, -0.25) is 0 Å². The first-order chi connectivity index (χ1) is 1.73. The molecule has 0 aliphatic rings. The van der Waals surface area contributed by atoms with Crippen LogP contribution in [0.1, 0.15) is 0 Å². The number of carboxylic acid groups (broad SMARTS) is 2. The standard InChI is InChI=1S/CH2O3.6H2N.Ni/c2-1(3)4;;;;;;;/h(H2,2,3,4);6*1H2;/q;6*-1;+2/p-2. The van der Waals surface area contributed by atoms with Crippen LogP contribution in [0.25, 0.3) is 36.9 Å². The molecule has 0 aromatic rings. The van der Waals surface area contributed by atoms with E-state index in [1.54, 1.807) is 0 Å². The van der Waals surface area contributed by atoms with Gasteiger partial charge in [0.05, 0.1) is 0 Å². The summed E-state index contributed by atoms with van der Waals surface area (Å²) in [5.41, 5.74) is 0. The van der Waals surface area contributed by atoms with Crippen molar-refractivity contribution < 1.29 is 31.5 Å². The summed E-state index contributed by atoms with van der Waals surface area (Å²) >= 11 is 0. The molecule has 10 heteroatoms. The topological polar surface area (TPSA) is 264 Å². The van der Waals surface area contributed by atoms with Crippen molar-refractivity contribution in [2.75, 3.05) is 0 Å². The monoisotopic (exact) mass is 214 g/mol. The Hall–Kier alpha value is -0.476. The van der Waals surface area contributed by atoms with Crippen LogP contribution >= 0.6 is 0 Å². The first kappa shape index (κ1) is 150. The summed E-state index contributed by atoms with van der Waals surface area (Å²) in [6, 6.07) is 0. The summed E-state index contributed by atoms with van der Waals surface area (Å²) in [4.78, 5) is 8.33. The molecule has 0 aliphatic carbocycles. The van der Waals surface area contributed by atoms with Crippen LogP contribution in [0.2, 0.25) is 0 Å². The van der Waals surface area contributed by atoms with E-state index < -0.39 is 6.16 Å². The zero-order chi connectivity index (χ0) is 3.58. The van der Waals surface area contributed by atoms with Crippen molar-refractivity contribution in [3.8, 4) is 0 Å². The van der Waals surface area contributed by atoms with E-state index in [0.717, 1.165) is 0 Å². The number of hydrogen-bond acceptors (Lipinski definition) is 3. The van der Waals surface area contributed by atoms with Gasteiger partial charge in [0.25, 0.3) is 0 Å². The molecule has 0 saturated heterocycles. The summed E-state index contributed by atoms with van der Waals surface area (Å²) in [7, 11) is 0. The van der Waals surface area contributed by atoms with Gasteiger partial charge in [-0.1, -0.05) is 0 Å². The van der Waals surface area contributed by atoms with E-state index in [1.165, 1.54) is 0 Å². The molecule has 0 heterocycles. The van der Waals surface area contributed by atoms with Crippen LogP contribution in [0.4, 0.5) is 4.79 Å².